The molecule has 0 unspecified atom stereocenters. The van der Waals surface area contributed by atoms with Gasteiger partial charge in [0.2, 0.25) is 11.7 Å². The zero-order valence-electron chi connectivity index (χ0n) is 12.9. The van der Waals surface area contributed by atoms with Gasteiger partial charge in [0.05, 0.1) is 5.56 Å². The van der Waals surface area contributed by atoms with Crippen LogP contribution in [0.5, 0.6) is 0 Å². The molecular formula is C18H17NO4. The highest BCUT2D eigenvalue weighted by atomic mass is 16.5. The zero-order valence-corrected chi connectivity index (χ0v) is 12.9. The quantitative estimate of drug-likeness (QED) is 0.680. The molecule has 2 rings (SSSR count). The third kappa shape index (κ3) is 4.51. The first-order chi connectivity index (χ1) is 11.0. The Hall–Kier alpha value is -2.95. The molecule has 1 N–H and O–H groups in total. The lowest BCUT2D eigenvalue weighted by molar-refractivity contribution is -0.114. The first-order valence-corrected chi connectivity index (χ1v) is 7.15. The Morgan fingerprint density at radius 2 is 1.61 bits per heavy atom. The van der Waals surface area contributed by atoms with Crippen LogP contribution in [-0.4, -0.2) is 23.8 Å². The fourth-order valence-electron chi connectivity index (χ4n) is 2.05. The molecule has 0 aliphatic heterocycles. The molecule has 5 heteroatoms. The number of Topliss-reactive ketones (excluding diaryl/α,β-unsaturated/α-hetero) is 1. The van der Waals surface area contributed by atoms with Gasteiger partial charge in [-0.1, -0.05) is 36.4 Å². The first kappa shape index (κ1) is 16.4. The van der Waals surface area contributed by atoms with Crippen LogP contribution in [0.15, 0.2) is 54.6 Å². The molecule has 0 bridgehead atoms. The van der Waals surface area contributed by atoms with Crippen LogP contribution in [0, 0.1) is 0 Å². The van der Waals surface area contributed by atoms with Crippen LogP contribution in [-0.2, 0) is 9.53 Å². The van der Waals surface area contributed by atoms with Crippen molar-refractivity contribution in [3.63, 3.8) is 0 Å². The van der Waals surface area contributed by atoms with Crippen LogP contribution >= 0.6 is 0 Å². The number of ketones is 1. The van der Waals surface area contributed by atoms with E-state index in [1.165, 1.54) is 19.9 Å². The van der Waals surface area contributed by atoms with Crippen molar-refractivity contribution in [2.45, 2.75) is 20.0 Å². The summed E-state index contributed by atoms with van der Waals surface area (Å²) in [4.78, 5) is 35.4. The monoisotopic (exact) mass is 311 g/mol. The predicted octanol–water partition coefficient (Wildman–Crippen LogP) is 3.07. The summed E-state index contributed by atoms with van der Waals surface area (Å²) >= 11 is 0. The molecule has 0 heterocycles. The summed E-state index contributed by atoms with van der Waals surface area (Å²) in [5.41, 5.74) is 1.25. The molecule has 1 atom stereocenters. The SMILES string of the molecule is CC(=O)Nc1cccc(C(=O)O[C@H](C)C(=O)c2ccccc2)c1. The zero-order chi connectivity index (χ0) is 16.8. The maximum absolute atomic E-state index is 12.2. The predicted molar refractivity (Wildman–Crippen MR) is 86.4 cm³/mol. The molecule has 0 aliphatic carbocycles. The molecule has 1 amide bonds. The van der Waals surface area contributed by atoms with E-state index in [-0.39, 0.29) is 17.3 Å². The molecule has 23 heavy (non-hydrogen) atoms. The standard InChI is InChI=1S/C18H17NO4/c1-12(17(21)14-7-4-3-5-8-14)23-18(22)15-9-6-10-16(11-15)19-13(2)20/h3-12H,1-2H3,(H,19,20)/t12-/m1/s1. The number of carbonyl (C=O) groups excluding carboxylic acids is 3. The van der Waals surface area contributed by atoms with Crippen molar-refractivity contribution in [1.82, 2.24) is 0 Å². The van der Waals surface area contributed by atoms with Crippen LogP contribution in [0.2, 0.25) is 0 Å². The number of nitrogens with one attached hydrogen (secondary N) is 1. The summed E-state index contributed by atoms with van der Waals surface area (Å²) in [7, 11) is 0. The van der Waals surface area contributed by atoms with Gasteiger partial charge >= 0.3 is 5.97 Å². The summed E-state index contributed by atoms with van der Waals surface area (Å²) in [6.45, 7) is 2.91. The van der Waals surface area contributed by atoms with Crippen molar-refractivity contribution in [2.75, 3.05) is 5.32 Å². The van der Waals surface area contributed by atoms with Gasteiger partial charge in [-0.15, -0.1) is 0 Å². The molecule has 0 aromatic heterocycles. The van der Waals surface area contributed by atoms with Crippen LogP contribution < -0.4 is 5.32 Å². The summed E-state index contributed by atoms with van der Waals surface area (Å²) in [6.07, 6.45) is -0.894. The molecule has 0 fully saturated rings. The van der Waals surface area contributed by atoms with Crippen LogP contribution in [0.25, 0.3) is 0 Å². The molecule has 0 saturated heterocycles. The highest BCUT2D eigenvalue weighted by Crippen LogP contribution is 2.14. The summed E-state index contributed by atoms with van der Waals surface area (Å²) in [6, 6.07) is 15.0. The van der Waals surface area contributed by atoms with E-state index >= 15 is 0 Å². The Balaban J connectivity index is 2.06. The van der Waals surface area contributed by atoms with Gasteiger partial charge in [-0.2, -0.15) is 0 Å². The van der Waals surface area contributed by atoms with Crippen molar-refractivity contribution in [2.24, 2.45) is 0 Å². The van der Waals surface area contributed by atoms with Crippen molar-refractivity contribution in [3.8, 4) is 0 Å². The highest BCUT2D eigenvalue weighted by Gasteiger charge is 2.20. The van der Waals surface area contributed by atoms with E-state index in [2.05, 4.69) is 5.32 Å². The second-order valence-corrected chi connectivity index (χ2v) is 5.04. The number of hydrogen-bond acceptors (Lipinski definition) is 4. The maximum atomic E-state index is 12.2. The van der Waals surface area contributed by atoms with E-state index in [0.717, 1.165) is 0 Å². The lowest BCUT2D eigenvalue weighted by Crippen LogP contribution is -2.24. The minimum Gasteiger partial charge on any atom is -0.451 e. The van der Waals surface area contributed by atoms with E-state index in [1.807, 2.05) is 0 Å². The van der Waals surface area contributed by atoms with Crippen molar-refractivity contribution < 1.29 is 19.1 Å². The number of esters is 1. The molecular weight excluding hydrogens is 294 g/mol. The van der Waals surface area contributed by atoms with Gasteiger partial charge < -0.3 is 10.1 Å². The normalized spacial score (nSPS) is 11.4. The maximum Gasteiger partial charge on any atom is 0.338 e. The van der Waals surface area contributed by atoms with Gasteiger partial charge in [0.15, 0.2) is 6.10 Å². The number of benzene rings is 2. The molecule has 0 saturated carbocycles. The van der Waals surface area contributed by atoms with Crippen LogP contribution in [0.4, 0.5) is 5.69 Å². The van der Waals surface area contributed by atoms with Gasteiger partial charge in [0, 0.05) is 18.2 Å². The van der Waals surface area contributed by atoms with Crippen molar-refractivity contribution in [1.29, 1.82) is 0 Å². The lowest BCUT2D eigenvalue weighted by atomic mass is 10.1. The van der Waals surface area contributed by atoms with Gasteiger partial charge in [0.25, 0.3) is 0 Å². The van der Waals surface area contributed by atoms with Crippen LogP contribution in [0.3, 0.4) is 0 Å². The Morgan fingerprint density at radius 1 is 0.957 bits per heavy atom. The molecule has 2 aromatic rings. The number of rotatable bonds is 5. The van der Waals surface area contributed by atoms with Crippen molar-refractivity contribution >= 4 is 23.3 Å². The number of amides is 1. The minimum atomic E-state index is -0.894. The fourth-order valence-corrected chi connectivity index (χ4v) is 2.05. The number of carbonyl (C=O) groups is 3. The topological polar surface area (TPSA) is 72.5 Å². The van der Waals surface area contributed by atoms with Gasteiger partial charge in [0.1, 0.15) is 0 Å². The van der Waals surface area contributed by atoms with E-state index < -0.39 is 12.1 Å². The largest absolute Gasteiger partial charge is 0.451 e. The lowest BCUT2D eigenvalue weighted by Gasteiger charge is -2.13. The molecule has 0 aliphatic rings. The van der Waals surface area contributed by atoms with Crippen LogP contribution in [0.1, 0.15) is 34.6 Å². The second kappa shape index (κ2) is 7.35. The van der Waals surface area contributed by atoms with Gasteiger partial charge in [-0.25, -0.2) is 4.79 Å². The number of ether oxygens (including phenoxy) is 1. The third-order valence-electron chi connectivity index (χ3n) is 3.13. The van der Waals surface area contributed by atoms with Crippen molar-refractivity contribution in [3.05, 3.63) is 65.7 Å². The summed E-state index contributed by atoms with van der Waals surface area (Å²) in [5.74, 6) is -1.12. The molecule has 0 spiro atoms. The highest BCUT2D eigenvalue weighted by molar-refractivity contribution is 6.01. The van der Waals surface area contributed by atoms with E-state index in [9.17, 15) is 14.4 Å². The fraction of sp³-hybridized carbons (Fsp3) is 0.167. The summed E-state index contributed by atoms with van der Waals surface area (Å²) < 4.78 is 5.21. The Labute approximate surface area is 134 Å². The van der Waals surface area contributed by atoms with E-state index in [0.29, 0.717) is 11.3 Å². The number of anilines is 1. The Morgan fingerprint density at radius 3 is 2.26 bits per heavy atom. The second-order valence-electron chi connectivity index (χ2n) is 5.04. The smallest absolute Gasteiger partial charge is 0.338 e. The minimum absolute atomic E-state index is 0.233. The van der Waals surface area contributed by atoms with Gasteiger partial charge in [-0.05, 0) is 25.1 Å². The molecule has 118 valence electrons. The Bertz CT molecular complexity index is 725. The van der Waals surface area contributed by atoms with E-state index in [1.54, 1.807) is 48.5 Å². The summed E-state index contributed by atoms with van der Waals surface area (Å²) in [5, 5.41) is 2.59. The Kier molecular flexibility index (Phi) is 5.25. The third-order valence-corrected chi connectivity index (χ3v) is 3.13. The molecule has 0 radical (unpaired) electrons. The molecule has 5 nitrogen and oxygen atoms in total. The first-order valence-electron chi connectivity index (χ1n) is 7.15. The average molecular weight is 311 g/mol. The van der Waals surface area contributed by atoms with E-state index in [4.69, 9.17) is 4.74 Å². The van der Waals surface area contributed by atoms with Gasteiger partial charge in [-0.3, -0.25) is 9.59 Å². The average Bonchev–Trinajstić information content (AvgIpc) is 2.54. The molecule has 2 aromatic carbocycles. The number of hydrogen-bond donors (Lipinski definition) is 1.